The summed E-state index contributed by atoms with van der Waals surface area (Å²) in [6.45, 7) is 12.1. The van der Waals surface area contributed by atoms with E-state index in [0.717, 1.165) is 5.56 Å². The summed E-state index contributed by atoms with van der Waals surface area (Å²) in [5, 5.41) is 6.84. The number of primary amides is 1. The van der Waals surface area contributed by atoms with Gasteiger partial charge in [0.2, 0.25) is 0 Å². The first-order valence-electron chi connectivity index (χ1n) is 12.0. The number of fused-ring (bicyclic) bond motifs is 1. The maximum absolute atomic E-state index is 12.4. The Labute approximate surface area is 211 Å². The summed E-state index contributed by atoms with van der Waals surface area (Å²) >= 11 is 0. The van der Waals surface area contributed by atoms with Crippen molar-refractivity contribution >= 4 is 40.0 Å². The topological polar surface area (TPSA) is 125 Å². The van der Waals surface area contributed by atoms with Gasteiger partial charge < -0.3 is 25.3 Å². The molecule has 4 N–H and O–H groups in total. The van der Waals surface area contributed by atoms with Crippen LogP contribution in [0.25, 0.3) is 10.9 Å². The minimum absolute atomic E-state index is 0.224. The van der Waals surface area contributed by atoms with E-state index in [1.807, 2.05) is 26.8 Å². The molecule has 0 unspecified atom stereocenters. The van der Waals surface area contributed by atoms with E-state index in [4.69, 9.17) is 19.9 Å². The predicted molar refractivity (Wildman–Crippen MR) is 142 cm³/mol. The quantitative estimate of drug-likeness (QED) is 0.344. The second-order valence-corrected chi connectivity index (χ2v) is 9.03. The highest BCUT2D eigenvalue weighted by atomic mass is 16.6. The fourth-order valence-electron chi connectivity index (χ4n) is 3.81. The average molecular weight is 495 g/mol. The molecule has 9 heteroatoms. The van der Waals surface area contributed by atoms with Gasteiger partial charge in [-0.2, -0.15) is 0 Å². The number of hydrogen-bond donors (Lipinski definition) is 3. The van der Waals surface area contributed by atoms with Gasteiger partial charge in [0, 0.05) is 29.0 Å². The zero-order chi connectivity index (χ0) is 26.5. The van der Waals surface area contributed by atoms with E-state index >= 15 is 0 Å². The molecular weight excluding hydrogens is 460 g/mol. The van der Waals surface area contributed by atoms with Crippen molar-refractivity contribution in [1.82, 2.24) is 4.98 Å². The van der Waals surface area contributed by atoms with Crippen LogP contribution in [-0.4, -0.2) is 35.8 Å². The molecule has 0 atom stereocenters. The second kappa shape index (κ2) is 11.2. The molecule has 2 amide bonds. The van der Waals surface area contributed by atoms with Gasteiger partial charge in [0.15, 0.2) is 11.5 Å². The molecule has 1 aromatic heterocycles. The van der Waals surface area contributed by atoms with Crippen molar-refractivity contribution in [2.75, 3.05) is 23.8 Å². The second-order valence-electron chi connectivity index (χ2n) is 9.03. The van der Waals surface area contributed by atoms with Crippen LogP contribution in [-0.2, 0) is 11.2 Å². The van der Waals surface area contributed by atoms with Gasteiger partial charge in [-0.05, 0) is 64.8 Å². The normalized spacial score (nSPS) is 11.2. The third kappa shape index (κ3) is 6.16. The Bertz CT molecular complexity index is 1270. The van der Waals surface area contributed by atoms with Crippen LogP contribution < -0.4 is 25.8 Å². The average Bonchev–Trinajstić information content (AvgIpc) is 2.79. The van der Waals surface area contributed by atoms with Crippen molar-refractivity contribution < 1.29 is 23.8 Å². The van der Waals surface area contributed by atoms with Crippen molar-refractivity contribution in [2.45, 2.75) is 53.6 Å². The van der Waals surface area contributed by atoms with Crippen molar-refractivity contribution in [3.63, 3.8) is 0 Å². The minimum atomic E-state index is -0.628. The van der Waals surface area contributed by atoms with Crippen molar-refractivity contribution in [1.29, 1.82) is 0 Å². The molecule has 0 fully saturated rings. The Balaban J connectivity index is 2.12. The monoisotopic (exact) mass is 494 g/mol. The van der Waals surface area contributed by atoms with E-state index < -0.39 is 17.6 Å². The van der Waals surface area contributed by atoms with Crippen LogP contribution >= 0.6 is 0 Å². The molecular formula is C27H34N4O5. The smallest absolute Gasteiger partial charge is 0.412 e. The number of rotatable bonds is 9. The summed E-state index contributed by atoms with van der Waals surface area (Å²) in [6, 6.07) is 9.05. The fraction of sp³-hybridized carbons (Fsp3) is 0.370. The lowest BCUT2D eigenvalue weighted by molar-refractivity contribution is 0.0635. The number of nitrogens with two attached hydrogens (primary N) is 1. The molecule has 0 spiro atoms. The number of aromatic nitrogens is 1. The number of ether oxygens (including phenoxy) is 3. The van der Waals surface area contributed by atoms with Gasteiger partial charge in [0.1, 0.15) is 5.60 Å². The number of nitrogens with one attached hydrogen (secondary N) is 2. The highest BCUT2D eigenvalue weighted by Crippen LogP contribution is 2.38. The van der Waals surface area contributed by atoms with Gasteiger partial charge in [0.05, 0.1) is 30.0 Å². The lowest BCUT2D eigenvalue weighted by Crippen LogP contribution is -2.27. The third-order valence-corrected chi connectivity index (χ3v) is 5.22. The number of anilines is 3. The first-order chi connectivity index (χ1) is 17.1. The number of amides is 2. The lowest BCUT2D eigenvalue weighted by Gasteiger charge is -2.22. The van der Waals surface area contributed by atoms with Crippen LogP contribution in [0.4, 0.5) is 21.9 Å². The first kappa shape index (κ1) is 26.6. The predicted octanol–water partition coefficient (Wildman–Crippen LogP) is 5.78. The Morgan fingerprint density at radius 3 is 2.22 bits per heavy atom. The number of pyridine rings is 1. The van der Waals surface area contributed by atoms with E-state index in [-0.39, 0.29) is 5.56 Å². The van der Waals surface area contributed by atoms with E-state index in [2.05, 4.69) is 15.6 Å². The molecule has 1 heterocycles. The summed E-state index contributed by atoms with van der Waals surface area (Å²) in [5.74, 6) is 0.476. The fourth-order valence-corrected chi connectivity index (χ4v) is 3.81. The Morgan fingerprint density at radius 2 is 1.64 bits per heavy atom. The highest BCUT2D eigenvalue weighted by molar-refractivity contribution is 6.08. The van der Waals surface area contributed by atoms with Crippen LogP contribution in [0.15, 0.2) is 36.5 Å². The number of hydrogen-bond acceptors (Lipinski definition) is 7. The minimum Gasteiger partial charge on any atom is -0.490 e. The van der Waals surface area contributed by atoms with E-state index in [9.17, 15) is 9.59 Å². The largest absolute Gasteiger partial charge is 0.490 e. The molecule has 3 aromatic rings. The van der Waals surface area contributed by atoms with E-state index in [1.54, 1.807) is 45.0 Å². The third-order valence-electron chi connectivity index (χ3n) is 5.22. The van der Waals surface area contributed by atoms with Gasteiger partial charge in [-0.25, -0.2) is 4.79 Å². The molecule has 0 bridgehead atoms. The van der Waals surface area contributed by atoms with E-state index in [1.165, 1.54) is 6.20 Å². The number of benzene rings is 2. The molecule has 2 aromatic carbocycles. The summed E-state index contributed by atoms with van der Waals surface area (Å²) in [7, 11) is 0. The van der Waals surface area contributed by atoms with E-state index in [0.29, 0.717) is 59.1 Å². The molecule has 36 heavy (non-hydrogen) atoms. The maximum Gasteiger partial charge on any atom is 0.412 e. The summed E-state index contributed by atoms with van der Waals surface area (Å²) in [5.41, 5.74) is 8.54. The SMILES string of the molecule is CCOc1cc2ncc(C(N)=O)c(Nc3cccc(NC(=O)OC(C)(C)C)c3CC)c2cc1OCC. The van der Waals surface area contributed by atoms with Gasteiger partial charge in [-0.3, -0.25) is 15.1 Å². The lowest BCUT2D eigenvalue weighted by atomic mass is 10.0. The number of carbonyl (C=O) groups excluding carboxylic acids is 2. The maximum atomic E-state index is 12.4. The van der Waals surface area contributed by atoms with Crippen molar-refractivity contribution in [3.8, 4) is 11.5 Å². The van der Waals surface area contributed by atoms with Crippen molar-refractivity contribution in [3.05, 3.63) is 47.7 Å². The summed E-state index contributed by atoms with van der Waals surface area (Å²) in [6.07, 6.45) is 1.49. The molecule has 0 saturated carbocycles. The molecule has 0 aliphatic heterocycles. The van der Waals surface area contributed by atoms with Crippen molar-refractivity contribution in [2.24, 2.45) is 5.73 Å². The van der Waals surface area contributed by atoms with Crippen LogP contribution in [0.5, 0.6) is 11.5 Å². The molecule has 0 radical (unpaired) electrons. The standard InChI is InChI=1S/C27H34N4O5/c1-7-16-19(11-10-12-20(16)31-26(33)36-27(4,5)6)30-24-17-13-22(34-8-2)23(35-9-3)14-21(17)29-15-18(24)25(28)32/h10-15H,7-9H2,1-6H3,(H2,28,32)(H,29,30)(H,31,33). The number of nitrogens with zero attached hydrogens (tertiary/aromatic N) is 1. The van der Waals surface area contributed by atoms with Gasteiger partial charge in [0.25, 0.3) is 5.91 Å². The van der Waals surface area contributed by atoms with Crippen LogP contribution in [0.2, 0.25) is 0 Å². The van der Waals surface area contributed by atoms with Crippen LogP contribution in [0.1, 0.15) is 57.5 Å². The molecule has 192 valence electrons. The van der Waals surface area contributed by atoms with Crippen LogP contribution in [0, 0.1) is 0 Å². The van der Waals surface area contributed by atoms with Gasteiger partial charge in [-0.1, -0.05) is 13.0 Å². The molecule has 9 nitrogen and oxygen atoms in total. The number of carbonyl (C=O) groups is 2. The molecule has 0 saturated heterocycles. The Kier molecular flexibility index (Phi) is 8.24. The zero-order valence-corrected chi connectivity index (χ0v) is 21.7. The Morgan fingerprint density at radius 1 is 1.00 bits per heavy atom. The van der Waals surface area contributed by atoms with Gasteiger partial charge in [-0.15, -0.1) is 0 Å². The van der Waals surface area contributed by atoms with Gasteiger partial charge >= 0.3 is 6.09 Å². The van der Waals surface area contributed by atoms with Crippen LogP contribution in [0.3, 0.4) is 0 Å². The molecule has 0 aliphatic rings. The highest BCUT2D eigenvalue weighted by Gasteiger charge is 2.20. The zero-order valence-electron chi connectivity index (χ0n) is 21.7. The Hall–Kier alpha value is -4.01. The first-order valence-corrected chi connectivity index (χ1v) is 12.0. The molecule has 3 rings (SSSR count). The summed E-state index contributed by atoms with van der Waals surface area (Å²) < 4.78 is 16.9. The summed E-state index contributed by atoms with van der Waals surface area (Å²) in [4.78, 5) is 29.2. The molecule has 0 aliphatic carbocycles.